The average Bonchev–Trinajstić information content (AvgIpc) is 3.09. The van der Waals surface area contributed by atoms with Crippen molar-refractivity contribution in [1.29, 1.82) is 0 Å². The molecule has 0 amide bonds. The molecular formula is C13H19NO3S. The molecule has 1 aromatic carbocycles. The maximum Gasteiger partial charge on any atom is 0.243 e. The molecule has 1 aromatic rings. The van der Waals surface area contributed by atoms with E-state index < -0.39 is 10.0 Å². The van der Waals surface area contributed by atoms with Crippen LogP contribution in [-0.2, 0) is 10.0 Å². The summed E-state index contributed by atoms with van der Waals surface area (Å²) in [5.74, 6) is 0.589. The van der Waals surface area contributed by atoms with Gasteiger partial charge in [0, 0.05) is 12.6 Å². The summed E-state index contributed by atoms with van der Waals surface area (Å²) < 4.78 is 26.5. The Bertz CT molecular complexity index is 504. The number of aromatic hydroxyl groups is 1. The summed E-state index contributed by atoms with van der Waals surface area (Å²) in [5, 5.41) is 9.22. The molecule has 0 atom stereocenters. The lowest BCUT2D eigenvalue weighted by Gasteiger charge is -2.25. The van der Waals surface area contributed by atoms with Crippen molar-refractivity contribution in [3.05, 3.63) is 24.3 Å². The van der Waals surface area contributed by atoms with Crippen molar-refractivity contribution in [3.8, 4) is 5.75 Å². The smallest absolute Gasteiger partial charge is 0.243 e. The number of hydrogen-bond donors (Lipinski definition) is 1. The second-order valence-corrected chi connectivity index (χ2v) is 7.00. The Hall–Kier alpha value is -1.07. The molecule has 1 N–H and O–H groups in total. The molecule has 0 aromatic heterocycles. The predicted molar refractivity (Wildman–Crippen MR) is 69.9 cm³/mol. The van der Waals surface area contributed by atoms with Gasteiger partial charge in [0.15, 0.2) is 0 Å². The summed E-state index contributed by atoms with van der Waals surface area (Å²) in [6.07, 6.45) is 2.24. The van der Waals surface area contributed by atoms with E-state index in [0.29, 0.717) is 12.5 Å². The topological polar surface area (TPSA) is 57.6 Å². The second-order valence-electron chi connectivity index (χ2n) is 5.11. The molecule has 1 saturated carbocycles. The number of benzene rings is 1. The van der Waals surface area contributed by atoms with Crippen molar-refractivity contribution in [2.45, 2.75) is 37.6 Å². The van der Waals surface area contributed by atoms with Crippen LogP contribution < -0.4 is 0 Å². The zero-order valence-corrected chi connectivity index (χ0v) is 11.5. The van der Waals surface area contributed by atoms with Crippen LogP contribution in [0.1, 0.15) is 26.7 Å². The molecule has 2 rings (SSSR count). The quantitative estimate of drug-likeness (QED) is 0.891. The molecule has 5 heteroatoms. The molecule has 1 fully saturated rings. The Kier molecular flexibility index (Phi) is 3.64. The Morgan fingerprint density at radius 1 is 1.28 bits per heavy atom. The highest BCUT2D eigenvalue weighted by atomic mass is 32.2. The largest absolute Gasteiger partial charge is 0.508 e. The van der Waals surface area contributed by atoms with Crippen LogP contribution in [0.2, 0.25) is 0 Å². The van der Waals surface area contributed by atoms with Crippen molar-refractivity contribution in [3.63, 3.8) is 0 Å². The van der Waals surface area contributed by atoms with Crippen LogP contribution in [0, 0.1) is 5.92 Å². The first-order valence-electron chi connectivity index (χ1n) is 6.22. The van der Waals surface area contributed by atoms with Crippen LogP contribution in [0.5, 0.6) is 5.75 Å². The predicted octanol–water partition coefficient (Wildman–Crippen LogP) is 2.20. The zero-order valence-electron chi connectivity index (χ0n) is 10.7. The third kappa shape index (κ3) is 2.84. The van der Waals surface area contributed by atoms with E-state index in [1.54, 1.807) is 4.31 Å². The first-order valence-corrected chi connectivity index (χ1v) is 7.66. The maximum atomic E-state index is 12.5. The minimum Gasteiger partial charge on any atom is -0.508 e. The summed E-state index contributed by atoms with van der Waals surface area (Å²) in [6.45, 7) is 4.38. The van der Waals surface area contributed by atoms with Gasteiger partial charge in [-0.2, -0.15) is 4.31 Å². The number of hydrogen-bond acceptors (Lipinski definition) is 3. The summed E-state index contributed by atoms with van der Waals surface area (Å²) >= 11 is 0. The minimum atomic E-state index is -3.45. The Morgan fingerprint density at radius 2 is 1.83 bits per heavy atom. The highest BCUT2D eigenvalue weighted by Gasteiger charge is 2.33. The summed E-state index contributed by atoms with van der Waals surface area (Å²) in [5.41, 5.74) is 0. The average molecular weight is 269 g/mol. The van der Waals surface area contributed by atoms with Crippen LogP contribution in [0.15, 0.2) is 29.2 Å². The molecule has 0 saturated heterocycles. The SMILES string of the molecule is CC(C)N(CC1CC1)S(=O)(=O)c1ccc(O)cc1. The van der Waals surface area contributed by atoms with Crippen molar-refractivity contribution in [2.75, 3.05) is 6.54 Å². The monoisotopic (exact) mass is 269 g/mol. The van der Waals surface area contributed by atoms with Crippen LogP contribution >= 0.6 is 0 Å². The van der Waals surface area contributed by atoms with Gasteiger partial charge in [-0.1, -0.05) is 0 Å². The van der Waals surface area contributed by atoms with Crippen LogP contribution in [0.3, 0.4) is 0 Å². The Balaban J connectivity index is 2.28. The second kappa shape index (κ2) is 4.90. The van der Waals surface area contributed by atoms with Gasteiger partial charge < -0.3 is 5.11 Å². The lowest BCUT2D eigenvalue weighted by molar-refractivity contribution is 0.341. The first-order chi connectivity index (χ1) is 8.41. The number of phenolic OH excluding ortho intramolecular Hbond substituents is 1. The molecule has 0 unspecified atom stereocenters. The van der Waals surface area contributed by atoms with Gasteiger partial charge in [-0.15, -0.1) is 0 Å². The van der Waals surface area contributed by atoms with Gasteiger partial charge in [0.25, 0.3) is 0 Å². The fourth-order valence-electron chi connectivity index (χ4n) is 1.89. The van der Waals surface area contributed by atoms with Gasteiger partial charge >= 0.3 is 0 Å². The van der Waals surface area contributed by atoms with E-state index >= 15 is 0 Å². The Labute approximate surface area is 108 Å². The lowest BCUT2D eigenvalue weighted by atomic mass is 10.3. The van der Waals surface area contributed by atoms with Gasteiger partial charge in [-0.3, -0.25) is 0 Å². The van der Waals surface area contributed by atoms with Gasteiger partial charge in [0.05, 0.1) is 4.90 Å². The van der Waals surface area contributed by atoms with Gasteiger partial charge in [0.2, 0.25) is 10.0 Å². The summed E-state index contributed by atoms with van der Waals surface area (Å²) in [4.78, 5) is 0.245. The van der Waals surface area contributed by atoms with E-state index in [1.165, 1.54) is 24.3 Å². The minimum absolute atomic E-state index is 0.0515. The van der Waals surface area contributed by atoms with Crippen LogP contribution in [0.25, 0.3) is 0 Å². The van der Waals surface area contributed by atoms with E-state index in [4.69, 9.17) is 0 Å². The van der Waals surface area contributed by atoms with Crippen LogP contribution in [-0.4, -0.2) is 30.4 Å². The molecule has 0 bridgehead atoms. The van der Waals surface area contributed by atoms with E-state index in [2.05, 4.69) is 0 Å². The third-order valence-corrected chi connectivity index (χ3v) is 5.21. The van der Waals surface area contributed by atoms with E-state index in [9.17, 15) is 13.5 Å². The van der Waals surface area contributed by atoms with Gasteiger partial charge in [-0.05, 0) is 56.9 Å². The first kappa shape index (κ1) is 13.4. The van der Waals surface area contributed by atoms with Crippen molar-refractivity contribution in [2.24, 2.45) is 5.92 Å². The fourth-order valence-corrected chi connectivity index (χ4v) is 3.61. The number of phenols is 1. The van der Waals surface area contributed by atoms with Crippen molar-refractivity contribution >= 4 is 10.0 Å². The molecule has 0 radical (unpaired) electrons. The molecule has 0 heterocycles. The van der Waals surface area contributed by atoms with E-state index in [0.717, 1.165) is 12.8 Å². The maximum absolute atomic E-state index is 12.5. The van der Waals surface area contributed by atoms with Gasteiger partial charge in [0.1, 0.15) is 5.75 Å². The van der Waals surface area contributed by atoms with E-state index in [1.807, 2.05) is 13.8 Å². The fraction of sp³-hybridized carbons (Fsp3) is 0.538. The van der Waals surface area contributed by atoms with Crippen LogP contribution in [0.4, 0.5) is 0 Å². The molecular weight excluding hydrogens is 250 g/mol. The van der Waals surface area contributed by atoms with Gasteiger partial charge in [-0.25, -0.2) is 8.42 Å². The number of nitrogens with zero attached hydrogens (tertiary/aromatic N) is 1. The molecule has 4 nitrogen and oxygen atoms in total. The molecule has 18 heavy (non-hydrogen) atoms. The lowest BCUT2D eigenvalue weighted by Crippen LogP contribution is -2.38. The highest BCUT2D eigenvalue weighted by Crippen LogP contribution is 2.32. The molecule has 1 aliphatic rings. The van der Waals surface area contributed by atoms with E-state index in [-0.39, 0.29) is 16.7 Å². The normalized spacial score (nSPS) is 16.4. The van der Waals surface area contributed by atoms with Crippen molar-refractivity contribution in [1.82, 2.24) is 4.31 Å². The number of rotatable bonds is 5. The standard InChI is InChI=1S/C13H19NO3S/c1-10(2)14(9-11-3-4-11)18(16,17)13-7-5-12(15)6-8-13/h5-8,10-11,15H,3-4,9H2,1-2H3. The zero-order chi connectivity index (χ0) is 13.3. The Morgan fingerprint density at radius 3 is 2.28 bits per heavy atom. The molecule has 100 valence electrons. The molecule has 1 aliphatic carbocycles. The number of sulfonamides is 1. The molecule has 0 spiro atoms. The summed E-state index contributed by atoms with van der Waals surface area (Å²) in [7, 11) is -3.45. The molecule has 0 aliphatic heterocycles. The highest BCUT2D eigenvalue weighted by molar-refractivity contribution is 7.89. The third-order valence-electron chi connectivity index (χ3n) is 3.15. The van der Waals surface area contributed by atoms with Crippen molar-refractivity contribution < 1.29 is 13.5 Å². The summed E-state index contributed by atoms with van der Waals surface area (Å²) in [6, 6.07) is 5.66.